The van der Waals surface area contributed by atoms with Crippen LogP contribution >= 0.6 is 11.8 Å². The van der Waals surface area contributed by atoms with Gasteiger partial charge in [0, 0.05) is 89.1 Å². The lowest BCUT2D eigenvalue weighted by molar-refractivity contribution is -0.174. The maximum absolute atomic E-state index is 14.5. The summed E-state index contributed by atoms with van der Waals surface area (Å²) in [5, 5.41) is 17.0. The van der Waals surface area contributed by atoms with Gasteiger partial charge in [0.2, 0.25) is 23.5 Å². The number of Topliss-reactive ketones (excluding diaryl/α,β-unsaturated/α-hetero) is 3. The van der Waals surface area contributed by atoms with Crippen molar-refractivity contribution in [2.75, 3.05) is 53.1 Å². The first kappa shape index (κ1) is 64.6. The van der Waals surface area contributed by atoms with Crippen molar-refractivity contribution in [1.29, 1.82) is 0 Å². The van der Waals surface area contributed by atoms with Crippen LogP contribution in [-0.4, -0.2) is 167 Å². The number of fused-ring (bicyclic) bond motifs is 7. The largest absolute Gasteiger partial charge is 0.445 e. The van der Waals surface area contributed by atoms with Crippen LogP contribution in [0.25, 0.3) is 0 Å². The number of carbonyl (C=O) groups excluding carboxylic acids is 10. The molecular formula is C61H86N6O15S. The number of thioether (sulfide) groups is 1. The van der Waals surface area contributed by atoms with Crippen molar-refractivity contribution >= 4 is 70.8 Å². The van der Waals surface area contributed by atoms with E-state index in [2.05, 4.69) is 17.6 Å². The maximum atomic E-state index is 14.5. The summed E-state index contributed by atoms with van der Waals surface area (Å²) in [5.74, 6) is -2.95. The van der Waals surface area contributed by atoms with Crippen molar-refractivity contribution < 1.29 is 72.0 Å². The van der Waals surface area contributed by atoms with Gasteiger partial charge in [0.05, 0.1) is 23.5 Å². The number of hydrogen-bond acceptors (Lipinski definition) is 16. The van der Waals surface area contributed by atoms with E-state index in [1.54, 1.807) is 42.7 Å². The van der Waals surface area contributed by atoms with Crippen molar-refractivity contribution in [3.63, 3.8) is 0 Å². The standard InChI is InChI=1S/C61H86N6O15S/c1-8-13-53-81-51-31-44-42-21-20-39-29-41(69)22-23-60(39,4)54(42)48(71)32-45(44)61(51,82-53)50(72)35-80-59(78)66(6)27-26-65(5)58(77)79-34-38-18-16-37(17-19-38)28-47(70)46(15-12-24-63-57(62)76)64-55(74)43(36(2)3)30-40(68)14-10-9-11-25-67-52(73)33-49(83-7)56(67)75/h16-19,22-23,29,36,42-46,48-49,51,53-54,71H,8-15,20-21,24-28,30-35H2,1-7H3,(H,64,74)(H3,62,63,76)/t42-,43-,44-,45?,46-,48-,49?,51+,53?,54+,60-,61+/m0/s1. The monoisotopic (exact) mass is 1170 g/mol. The smallest absolute Gasteiger partial charge is 0.409 e. The molecule has 2 saturated heterocycles. The van der Waals surface area contributed by atoms with Crippen molar-refractivity contribution in [2.24, 2.45) is 46.7 Å². The zero-order chi connectivity index (χ0) is 60.3. The summed E-state index contributed by atoms with van der Waals surface area (Å²) in [5.41, 5.74) is 5.68. The minimum atomic E-state index is -1.39. The molecule has 5 N–H and O–H groups in total. The zero-order valence-corrected chi connectivity index (χ0v) is 50.0. The Hall–Kier alpha value is -5.97. The number of benzene rings is 1. The van der Waals surface area contributed by atoms with E-state index < -0.39 is 78.0 Å². The van der Waals surface area contributed by atoms with E-state index in [0.29, 0.717) is 62.6 Å². The van der Waals surface area contributed by atoms with Gasteiger partial charge in [-0.25, -0.2) is 14.4 Å². The molecule has 3 unspecified atom stereocenters. The number of amides is 7. The molecule has 1 aromatic carbocycles. The van der Waals surface area contributed by atoms with E-state index in [1.165, 1.54) is 40.6 Å². The highest BCUT2D eigenvalue weighted by molar-refractivity contribution is 8.00. The number of carbonyl (C=O) groups is 10. The number of allylic oxidation sites excluding steroid dienone is 4. The molecule has 0 radical (unpaired) electrons. The molecule has 2 heterocycles. The number of nitrogens with one attached hydrogen (secondary N) is 2. The number of likely N-dealkylation sites (N-methyl/N-ethyl adjacent to an activating group) is 2. The predicted octanol–water partition coefficient (Wildman–Crippen LogP) is 6.00. The molecule has 0 bridgehead atoms. The zero-order valence-electron chi connectivity index (χ0n) is 49.2. The molecule has 5 fully saturated rings. The number of rotatable bonds is 29. The van der Waals surface area contributed by atoms with E-state index in [9.17, 15) is 53.1 Å². The number of aliphatic hydroxyl groups excluding tert-OH is 1. The van der Waals surface area contributed by atoms with E-state index in [-0.39, 0.29) is 122 Å². The lowest BCUT2D eigenvalue weighted by atomic mass is 9.49. The number of hydrogen-bond donors (Lipinski definition) is 4. The highest BCUT2D eigenvalue weighted by Crippen LogP contribution is 2.65. The van der Waals surface area contributed by atoms with E-state index >= 15 is 0 Å². The summed E-state index contributed by atoms with van der Waals surface area (Å²) in [6, 6.07) is 5.22. The first-order valence-corrected chi connectivity index (χ1v) is 30.9. The number of nitrogens with two attached hydrogens (primary N) is 1. The highest BCUT2D eigenvalue weighted by atomic mass is 32.2. The van der Waals surface area contributed by atoms with Gasteiger partial charge in [0.1, 0.15) is 12.4 Å². The number of likely N-dealkylation sites (tertiary alicyclic amines) is 1. The van der Waals surface area contributed by atoms with Crippen LogP contribution in [0.4, 0.5) is 14.4 Å². The summed E-state index contributed by atoms with van der Waals surface area (Å²) in [6.45, 7) is 7.73. The van der Waals surface area contributed by atoms with Gasteiger partial charge in [-0.05, 0) is 105 Å². The number of aliphatic hydroxyl groups is 1. The average Bonchev–Trinajstić information content (AvgIpc) is 1.81. The van der Waals surface area contributed by atoms with Crippen LogP contribution in [0.3, 0.4) is 0 Å². The van der Waals surface area contributed by atoms with Crippen LogP contribution in [0.1, 0.15) is 129 Å². The predicted molar refractivity (Wildman–Crippen MR) is 307 cm³/mol. The SMILES string of the molecule is CCCC1O[C@@H]2C[C@@H]3C(C[C@H](O)[C@H]4[C@H]3CCC3=CC(=O)C=C[C@@]34C)[C@]2(C(=O)COC(=O)N(C)CCN(C)C(=O)OCc2ccc(CC(=O)[C@H](CCCNC(N)=O)NC(=O)[C@@H](CC(=O)CCCCCN3C(=O)CC(SC)C3=O)C(C)C)cc2)O1. The normalized spacial score (nSPS) is 27.6. The fourth-order valence-corrected chi connectivity index (χ4v) is 14.2. The lowest BCUT2D eigenvalue weighted by Gasteiger charge is -2.56. The second kappa shape index (κ2) is 28.7. The Morgan fingerprint density at radius 2 is 1.64 bits per heavy atom. The second-order valence-corrected chi connectivity index (χ2v) is 25.1. The molecule has 7 amide bonds. The van der Waals surface area contributed by atoms with Gasteiger partial charge >= 0.3 is 18.2 Å². The summed E-state index contributed by atoms with van der Waals surface area (Å²) >= 11 is 1.36. The summed E-state index contributed by atoms with van der Waals surface area (Å²) < 4.78 is 24.2. The van der Waals surface area contributed by atoms with Crippen LogP contribution in [0, 0.1) is 40.9 Å². The van der Waals surface area contributed by atoms with Crippen LogP contribution in [0.2, 0.25) is 0 Å². The molecule has 2 aliphatic heterocycles. The van der Waals surface area contributed by atoms with Crippen molar-refractivity contribution in [2.45, 2.75) is 166 Å². The van der Waals surface area contributed by atoms with Gasteiger partial charge in [-0.15, -0.1) is 0 Å². The van der Waals surface area contributed by atoms with Gasteiger partial charge < -0.3 is 50.2 Å². The number of imide groups is 1. The molecule has 0 aromatic heterocycles. The van der Waals surface area contributed by atoms with Crippen LogP contribution in [0.5, 0.6) is 0 Å². The third-order valence-electron chi connectivity index (χ3n) is 18.2. The Morgan fingerprint density at radius 1 is 0.940 bits per heavy atom. The molecule has 456 valence electrons. The number of ether oxygens (including phenoxy) is 4. The summed E-state index contributed by atoms with van der Waals surface area (Å²) in [7, 11) is 3.02. The topological polar surface area (TPSA) is 288 Å². The van der Waals surface area contributed by atoms with Crippen molar-refractivity contribution in [3.05, 3.63) is 59.2 Å². The second-order valence-electron chi connectivity index (χ2n) is 24.0. The summed E-state index contributed by atoms with van der Waals surface area (Å²) in [6.07, 6.45) is 10.1. The molecule has 0 spiro atoms. The quantitative estimate of drug-likeness (QED) is 0.0529. The van der Waals surface area contributed by atoms with Gasteiger partial charge in [0.15, 0.2) is 30.1 Å². The summed E-state index contributed by atoms with van der Waals surface area (Å²) in [4.78, 5) is 134. The minimum Gasteiger partial charge on any atom is -0.445 e. The number of nitrogens with zero attached hydrogens (tertiary/aromatic N) is 3. The molecule has 83 heavy (non-hydrogen) atoms. The molecular weight excluding hydrogens is 1090 g/mol. The molecule has 1 aromatic rings. The first-order chi connectivity index (χ1) is 39.5. The Kier molecular flexibility index (Phi) is 22.4. The van der Waals surface area contributed by atoms with Crippen LogP contribution < -0.4 is 16.4 Å². The Bertz CT molecular complexity index is 2650. The van der Waals surface area contributed by atoms with Crippen LogP contribution in [0.15, 0.2) is 48.1 Å². The molecule has 3 saturated carbocycles. The Morgan fingerprint density at radius 3 is 2.30 bits per heavy atom. The number of ketones is 4. The Balaban J connectivity index is 0.850. The van der Waals surface area contributed by atoms with E-state index in [0.717, 1.165) is 24.8 Å². The maximum Gasteiger partial charge on any atom is 0.409 e. The molecule has 22 heteroatoms. The fourth-order valence-electron chi connectivity index (χ4n) is 13.5. The molecule has 7 rings (SSSR count). The average molecular weight is 1180 g/mol. The van der Waals surface area contributed by atoms with Crippen molar-refractivity contribution in [3.8, 4) is 0 Å². The third-order valence-corrected chi connectivity index (χ3v) is 19.1. The third kappa shape index (κ3) is 15.3. The fraction of sp³-hybridized carbons (Fsp3) is 0.672. The van der Waals surface area contributed by atoms with E-state index in [4.69, 9.17) is 24.7 Å². The van der Waals surface area contributed by atoms with E-state index in [1.807, 2.05) is 26.8 Å². The number of primary amides is 1. The Labute approximate surface area is 491 Å². The molecule has 4 aliphatic carbocycles. The first-order valence-electron chi connectivity index (χ1n) is 29.6. The van der Waals surface area contributed by atoms with Crippen molar-refractivity contribution in [1.82, 2.24) is 25.3 Å². The molecule has 12 atom stereocenters. The number of urea groups is 1. The molecule has 21 nitrogen and oxygen atoms in total. The van der Waals surface area contributed by atoms with Crippen LogP contribution in [-0.2, 0) is 65.5 Å². The number of unbranched alkanes of at least 4 members (excludes halogenated alkanes) is 2. The minimum absolute atomic E-state index is 0.0142. The highest BCUT2D eigenvalue weighted by Gasteiger charge is 2.70. The lowest BCUT2D eigenvalue weighted by Crippen LogP contribution is -2.58. The molecule has 6 aliphatic rings. The van der Waals surface area contributed by atoms with Gasteiger partial charge in [-0.3, -0.25) is 38.5 Å². The van der Waals surface area contributed by atoms with Gasteiger partial charge in [-0.2, -0.15) is 11.8 Å². The van der Waals surface area contributed by atoms with Gasteiger partial charge in [0.25, 0.3) is 0 Å². The van der Waals surface area contributed by atoms with Gasteiger partial charge in [-0.1, -0.05) is 76.5 Å².